The molecule has 0 spiro atoms. The summed E-state index contributed by atoms with van der Waals surface area (Å²) in [5, 5.41) is 9.32. The van der Waals surface area contributed by atoms with Crippen molar-refractivity contribution in [2.75, 3.05) is 13.2 Å². The van der Waals surface area contributed by atoms with Crippen LogP contribution in [0.5, 0.6) is 0 Å². The van der Waals surface area contributed by atoms with Gasteiger partial charge in [-0.3, -0.25) is 0 Å². The fourth-order valence-electron chi connectivity index (χ4n) is 2.18. The molecule has 1 atom stereocenters. The second-order valence-electron chi connectivity index (χ2n) is 4.52. The first kappa shape index (κ1) is 13.5. The largest absolute Gasteiger partial charge is 0.394 e. The second kappa shape index (κ2) is 4.60. The van der Waals surface area contributed by atoms with E-state index in [9.17, 15) is 17.9 Å². The highest BCUT2D eigenvalue weighted by molar-refractivity contribution is 7.89. The van der Waals surface area contributed by atoms with E-state index in [4.69, 9.17) is 0 Å². The summed E-state index contributed by atoms with van der Waals surface area (Å²) in [5.41, 5.74) is -1.01. The molecular formula is C12H15FNO3S. The first-order chi connectivity index (χ1) is 8.40. The number of aliphatic hydroxyl groups is 1. The Balaban J connectivity index is 2.40. The van der Waals surface area contributed by atoms with Gasteiger partial charge in [0.1, 0.15) is 5.82 Å². The van der Waals surface area contributed by atoms with E-state index in [-0.39, 0.29) is 11.5 Å². The van der Waals surface area contributed by atoms with Crippen LogP contribution in [-0.2, 0) is 10.0 Å². The number of hydrogen-bond acceptors (Lipinski definition) is 3. The van der Waals surface area contributed by atoms with Crippen LogP contribution in [0.3, 0.4) is 0 Å². The fraction of sp³-hybridized carbons (Fsp3) is 0.417. The smallest absolute Gasteiger partial charge is 0.243 e. The van der Waals surface area contributed by atoms with Crippen LogP contribution in [-0.4, -0.2) is 36.5 Å². The average Bonchev–Trinajstić information content (AvgIpc) is 2.73. The Morgan fingerprint density at radius 3 is 2.56 bits per heavy atom. The zero-order valence-electron chi connectivity index (χ0n) is 9.84. The van der Waals surface area contributed by atoms with Crippen molar-refractivity contribution in [3.05, 3.63) is 37.0 Å². The van der Waals surface area contributed by atoms with Crippen LogP contribution in [0, 0.1) is 12.7 Å². The lowest BCUT2D eigenvalue weighted by Gasteiger charge is -2.32. The van der Waals surface area contributed by atoms with Gasteiger partial charge < -0.3 is 5.11 Å². The zero-order chi connectivity index (χ0) is 13.4. The molecule has 18 heavy (non-hydrogen) atoms. The first-order valence-electron chi connectivity index (χ1n) is 5.65. The topological polar surface area (TPSA) is 57.6 Å². The molecule has 1 aliphatic rings. The number of nitrogens with zero attached hydrogens (tertiary/aromatic N) is 1. The minimum atomic E-state index is -3.73. The average molecular weight is 272 g/mol. The molecule has 1 saturated heterocycles. The number of benzene rings is 1. The maximum absolute atomic E-state index is 12.8. The predicted octanol–water partition coefficient (Wildman–Crippen LogP) is 1.18. The third-order valence-corrected chi connectivity index (χ3v) is 5.25. The van der Waals surface area contributed by atoms with E-state index >= 15 is 0 Å². The summed E-state index contributed by atoms with van der Waals surface area (Å²) in [6.45, 7) is 3.80. The zero-order valence-corrected chi connectivity index (χ0v) is 10.7. The van der Waals surface area contributed by atoms with Crippen molar-refractivity contribution >= 4 is 10.0 Å². The Morgan fingerprint density at radius 2 is 2.00 bits per heavy atom. The summed E-state index contributed by atoms with van der Waals surface area (Å²) in [5.74, 6) is -0.488. The van der Waals surface area contributed by atoms with Crippen molar-refractivity contribution in [1.82, 2.24) is 4.31 Å². The molecule has 0 aliphatic carbocycles. The monoisotopic (exact) mass is 272 g/mol. The van der Waals surface area contributed by atoms with E-state index in [0.29, 0.717) is 19.4 Å². The van der Waals surface area contributed by atoms with Crippen molar-refractivity contribution in [2.24, 2.45) is 0 Å². The quantitative estimate of drug-likeness (QED) is 0.898. The fourth-order valence-corrected chi connectivity index (χ4v) is 3.94. The van der Waals surface area contributed by atoms with Gasteiger partial charge in [-0.25, -0.2) is 12.8 Å². The summed E-state index contributed by atoms with van der Waals surface area (Å²) in [6, 6.07) is 4.65. The minimum Gasteiger partial charge on any atom is -0.394 e. The number of rotatable bonds is 3. The molecule has 1 aliphatic heterocycles. The summed E-state index contributed by atoms with van der Waals surface area (Å²) in [6.07, 6.45) is 1.18. The van der Waals surface area contributed by atoms with Crippen molar-refractivity contribution < 1.29 is 17.9 Å². The molecule has 6 heteroatoms. The predicted molar refractivity (Wildman–Crippen MR) is 64.7 cm³/mol. The lowest BCUT2D eigenvalue weighted by Crippen LogP contribution is -2.47. The van der Waals surface area contributed by atoms with Gasteiger partial charge in [-0.05, 0) is 44.0 Å². The standard InChI is InChI=1S/C12H15FNO3S/c1-12(9-15)7-2-8-14(12)18(16,17)11-5-3-10(13)4-6-11/h3-6,15H,1-2,7-9H2/t12-/m1/s1. The highest BCUT2D eigenvalue weighted by Crippen LogP contribution is 2.33. The Kier molecular flexibility index (Phi) is 3.44. The van der Waals surface area contributed by atoms with E-state index in [1.165, 1.54) is 16.4 Å². The number of hydrogen-bond donors (Lipinski definition) is 1. The molecule has 1 heterocycles. The number of sulfonamides is 1. The number of halogens is 1. The first-order valence-corrected chi connectivity index (χ1v) is 7.09. The molecule has 0 unspecified atom stereocenters. The summed E-state index contributed by atoms with van der Waals surface area (Å²) in [4.78, 5) is 0.0206. The van der Waals surface area contributed by atoms with E-state index < -0.39 is 21.4 Å². The lowest BCUT2D eigenvalue weighted by atomic mass is 10.0. The van der Waals surface area contributed by atoms with Gasteiger partial charge >= 0.3 is 0 Å². The third-order valence-electron chi connectivity index (χ3n) is 3.23. The van der Waals surface area contributed by atoms with Crippen LogP contribution in [0.1, 0.15) is 12.8 Å². The van der Waals surface area contributed by atoms with Crippen LogP contribution in [0.25, 0.3) is 0 Å². The minimum absolute atomic E-state index is 0.0206. The van der Waals surface area contributed by atoms with Crippen LogP contribution in [0.4, 0.5) is 4.39 Å². The normalized spacial score (nSPS) is 25.5. The Labute approximate surface area is 106 Å². The van der Waals surface area contributed by atoms with Gasteiger partial charge in [0.2, 0.25) is 10.0 Å². The molecule has 1 aromatic rings. The number of aliphatic hydroxyl groups excluding tert-OH is 1. The summed E-state index contributed by atoms with van der Waals surface area (Å²) >= 11 is 0. The molecule has 1 N–H and O–H groups in total. The van der Waals surface area contributed by atoms with Gasteiger partial charge in [0.05, 0.1) is 17.0 Å². The summed E-state index contributed by atoms with van der Waals surface area (Å²) < 4.78 is 38.8. The molecular weight excluding hydrogens is 257 g/mol. The summed E-state index contributed by atoms with van der Waals surface area (Å²) in [7, 11) is -3.73. The van der Waals surface area contributed by atoms with E-state index in [1.807, 2.05) is 0 Å². The van der Waals surface area contributed by atoms with Crippen molar-refractivity contribution in [3.8, 4) is 0 Å². The van der Waals surface area contributed by atoms with Crippen molar-refractivity contribution in [2.45, 2.75) is 23.3 Å². The van der Waals surface area contributed by atoms with Gasteiger partial charge in [-0.15, -0.1) is 0 Å². The Hall–Kier alpha value is -0.980. The van der Waals surface area contributed by atoms with Gasteiger partial charge in [-0.1, -0.05) is 0 Å². The van der Waals surface area contributed by atoms with Gasteiger partial charge in [-0.2, -0.15) is 4.31 Å². The van der Waals surface area contributed by atoms with Crippen LogP contribution in [0.2, 0.25) is 0 Å². The van der Waals surface area contributed by atoms with Crippen molar-refractivity contribution in [3.63, 3.8) is 0 Å². The molecule has 99 valence electrons. The molecule has 1 radical (unpaired) electrons. The molecule has 0 aromatic heterocycles. The highest BCUT2D eigenvalue weighted by Gasteiger charge is 2.43. The van der Waals surface area contributed by atoms with E-state index in [0.717, 1.165) is 12.1 Å². The SMILES string of the molecule is [CH2][C@]1(CO)CCCN1S(=O)(=O)c1ccc(F)cc1. The van der Waals surface area contributed by atoms with E-state index in [1.54, 1.807) is 0 Å². The molecule has 1 fully saturated rings. The molecule has 0 bridgehead atoms. The van der Waals surface area contributed by atoms with Crippen LogP contribution in [0.15, 0.2) is 29.2 Å². The van der Waals surface area contributed by atoms with Crippen LogP contribution >= 0.6 is 0 Å². The molecule has 2 rings (SSSR count). The van der Waals surface area contributed by atoms with Gasteiger partial charge in [0.25, 0.3) is 0 Å². The maximum atomic E-state index is 12.8. The highest BCUT2D eigenvalue weighted by atomic mass is 32.2. The van der Waals surface area contributed by atoms with Gasteiger partial charge in [0.15, 0.2) is 0 Å². The van der Waals surface area contributed by atoms with Gasteiger partial charge in [0, 0.05) is 6.54 Å². The Bertz CT molecular complexity index is 529. The van der Waals surface area contributed by atoms with E-state index in [2.05, 4.69) is 6.92 Å². The second-order valence-corrected chi connectivity index (χ2v) is 6.38. The molecule has 4 nitrogen and oxygen atoms in total. The van der Waals surface area contributed by atoms with Crippen LogP contribution < -0.4 is 0 Å². The molecule has 0 saturated carbocycles. The molecule has 1 aromatic carbocycles. The lowest BCUT2D eigenvalue weighted by molar-refractivity contribution is 0.158. The maximum Gasteiger partial charge on any atom is 0.243 e. The molecule has 0 amide bonds. The van der Waals surface area contributed by atoms with Crippen molar-refractivity contribution in [1.29, 1.82) is 0 Å². The Morgan fingerprint density at radius 1 is 1.39 bits per heavy atom. The third kappa shape index (κ3) is 2.15.